The van der Waals surface area contributed by atoms with Crippen molar-refractivity contribution in [1.82, 2.24) is 9.97 Å². The molecule has 0 unspecified atom stereocenters. The van der Waals surface area contributed by atoms with Crippen LogP contribution in [0.5, 0.6) is 17.2 Å². The summed E-state index contributed by atoms with van der Waals surface area (Å²) in [6, 6.07) is 6.39. The second-order valence-corrected chi connectivity index (χ2v) is 8.27. The number of nitrogens with one attached hydrogen (secondary N) is 1. The van der Waals surface area contributed by atoms with E-state index < -0.39 is 6.61 Å². The molecule has 0 radical (unpaired) electrons. The van der Waals surface area contributed by atoms with Gasteiger partial charge in [-0.05, 0) is 12.1 Å². The van der Waals surface area contributed by atoms with Crippen molar-refractivity contribution in [3.05, 3.63) is 36.2 Å². The lowest BCUT2D eigenvalue weighted by Gasteiger charge is -2.13. The third kappa shape index (κ3) is 4.44. The van der Waals surface area contributed by atoms with Crippen LogP contribution in [-0.4, -0.2) is 36.6 Å². The molecule has 10 heteroatoms. The number of methoxy groups -OCH3 is 2. The summed E-state index contributed by atoms with van der Waals surface area (Å²) in [5.74, 6) is 3.51. The molecule has 0 spiro atoms. The number of hydrogen-bond acceptors (Lipinski definition) is 6. The van der Waals surface area contributed by atoms with E-state index >= 15 is 0 Å². The molecule has 0 bridgehead atoms. The van der Waals surface area contributed by atoms with Crippen molar-refractivity contribution in [3.8, 4) is 23.2 Å². The van der Waals surface area contributed by atoms with E-state index in [4.69, 9.17) is 9.47 Å². The Balaban J connectivity index is 2.05. The fraction of sp³-hybridized carbons (Fsp3) is 0.333. The summed E-state index contributed by atoms with van der Waals surface area (Å²) in [6.45, 7) is -0.785. The second kappa shape index (κ2) is 9.33. The molecule has 1 aromatic carbocycles. The average Bonchev–Trinajstić information content (AvgIpc) is 3.10. The van der Waals surface area contributed by atoms with Crippen molar-refractivity contribution in [2.24, 2.45) is 0 Å². The van der Waals surface area contributed by atoms with Crippen molar-refractivity contribution in [2.75, 3.05) is 20.0 Å². The number of halogens is 2. The summed E-state index contributed by atoms with van der Waals surface area (Å²) < 4.78 is 42.3. The summed E-state index contributed by atoms with van der Waals surface area (Å²) in [5.41, 5.74) is 2.10. The fourth-order valence-corrected chi connectivity index (χ4v) is 4.44. The standard InChI is InChI=1S/C18H20F2N3O3S2/c1-4-27-28-10-14-16(25-3)15(24-2)7-8-23(14)18-21-12-6-5-11(26-17(19)20)9-13(12)22-18/h5-9,17H,4,10H2,1-3H3,(H,21,22)/q+1. The molecule has 0 atom stereocenters. The van der Waals surface area contributed by atoms with Crippen molar-refractivity contribution in [1.29, 1.82) is 0 Å². The minimum absolute atomic E-state index is 0.0742. The maximum absolute atomic E-state index is 12.5. The molecule has 2 heterocycles. The zero-order valence-electron chi connectivity index (χ0n) is 15.6. The number of benzene rings is 1. The lowest BCUT2D eigenvalue weighted by atomic mass is 10.3. The first-order valence-corrected chi connectivity index (χ1v) is 10.9. The number of pyridine rings is 1. The predicted molar refractivity (Wildman–Crippen MR) is 107 cm³/mol. The number of aromatic amines is 1. The quantitative estimate of drug-likeness (QED) is 0.310. The van der Waals surface area contributed by atoms with Crippen LogP contribution >= 0.6 is 21.6 Å². The molecule has 0 aliphatic heterocycles. The van der Waals surface area contributed by atoms with Crippen molar-refractivity contribution >= 4 is 32.6 Å². The SMILES string of the molecule is CCSSCc1c(OC)c(OC)cc[n+]1-c1nc2ccc(OC(F)F)cc2[nH]1. The van der Waals surface area contributed by atoms with Crippen LogP contribution in [-0.2, 0) is 5.75 Å². The van der Waals surface area contributed by atoms with Gasteiger partial charge in [0.05, 0.1) is 26.2 Å². The number of imidazole rings is 1. The van der Waals surface area contributed by atoms with E-state index in [1.807, 2.05) is 10.8 Å². The number of aromatic nitrogens is 3. The van der Waals surface area contributed by atoms with Gasteiger partial charge in [-0.3, -0.25) is 0 Å². The Bertz CT molecular complexity index is 953. The first-order valence-electron chi connectivity index (χ1n) is 8.42. The molecule has 0 saturated carbocycles. The summed E-state index contributed by atoms with van der Waals surface area (Å²) in [6.07, 6.45) is 1.84. The summed E-state index contributed by atoms with van der Waals surface area (Å²) >= 11 is 0. The highest BCUT2D eigenvalue weighted by Crippen LogP contribution is 2.34. The van der Waals surface area contributed by atoms with Crippen LogP contribution in [0, 0.1) is 0 Å². The van der Waals surface area contributed by atoms with Crippen LogP contribution in [0.15, 0.2) is 30.5 Å². The molecule has 0 amide bonds. The van der Waals surface area contributed by atoms with Crippen LogP contribution < -0.4 is 18.8 Å². The van der Waals surface area contributed by atoms with Crippen molar-refractivity contribution in [3.63, 3.8) is 0 Å². The summed E-state index contributed by atoms with van der Waals surface area (Å²) in [7, 11) is 6.62. The van der Waals surface area contributed by atoms with Gasteiger partial charge < -0.3 is 14.2 Å². The summed E-state index contributed by atoms with van der Waals surface area (Å²) in [4.78, 5) is 7.73. The van der Waals surface area contributed by atoms with E-state index in [9.17, 15) is 8.78 Å². The minimum Gasteiger partial charge on any atom is -0.493 e. The van der Waals surface area contributed by atoms with Crippen LogP contribution in [0.1, 0.15) is 12.6 Å². The van der Waals surface area contributed by atoms with E-state index in [0.717, 1.165) is 11.4 Å². The van der Waals surface area contributed by atoms with Crippen LogP contribution in [0.3, 0.4) is 0 Å². The molecule has 0 aliphatic carbocycles. The maximum atomic E-state index is 12.5. The molecule has 3 aromatic rings. The first-order chi connectivity index (χ1) is 13.6. The molecular formula is C18H20F2N3O3S2+. The molecule has 1 N–H and O–H groups in total. The van der Waals surface area contributed by atoms with Gasteiger partial charge in [-0.25, -0.2) is 9.55 Å². The van der Waals surface area contributed by atoms with Gasteiger partial charge in [-0.2, -0.15) is 8.78 Å². The number of fused-ring (bicyclic) bond motifs is 1. The van der Waals surface area contributed by atoms with E-state index in [1.165, 1.54) is 12.1 Å². The monoisotopic (exact) mass is 428 g/mol. The Morgan fingerprint density at radius 2 is 2.00 bits per heavy atom. The van der Waals surface area contributed by atoms with Gasteiger partial charge in [0.25, 0.3) is 0 Å². The number of nitrogens with zero attached hydrogens (tertiary/aromatic N) is 2. The van der Waals surface area contributed by atoms with Gasteiger partial charge in [0.2, 0.25) is 0 Å². The van der Waals surface area contributed by atoms with Gasteiger partial charge in [0.1, 0.15) is 17.0 Å². The van der Waals surface area contributed by atoms with E-state index in [0.29, 0.717) is 34.2 Å². The second-order valence-electron chi connectivity index (χ2n) is 5.52. The molecular weight excluding hydrogens is 408 g/mol. The molecule has 3 rings (SSSR count). The van der Waals surface area contributed by atoms with Crippen LogP contribution in [0.4, 0.5) is 8.78 Å². The van der Waals surface area contributed by atoms with Crippen LogP contribution in [0.2, 0.25) is 0 Å². The third-order valence-electron chi connectivity index (χ3n) is 3.87. The van der Waals surface area contributed by atoms with E-state index in [1.54, 1.807) is 47.9 Å². The van der Waals surface area contributed by atoms with Gasteiger partial charge in [-0.1, -0.05) is 33.5 Å². The number of rotatable bonds is 9. The minimum atomic E-state index is -2.88. The number of alkyl halides is 2. The largest absolute Gasteiger partial charge is 0.493 e. The topological polar surface area (TPSA) is 60.3 Å². The summed E-state index contributed by atoms with van der Waals surface area (Å²) in [5, 5.41) is 0. The highest BCUT2D eigenvalue weighted by Gasteiger charge is 2.23. The Labute approximate surface area is 169 Å². The van der Waals surface area contributed by atoms with Gasteiger partial charge >= 0.3 is 12.6 Å². The van der Waals surface area contributed by atoms with E-state index in [2.05, 4.69) is 21.6 Å². The Hall–Kier alpha value is -2.20. The van der Waals surface area contributed by atoms with Gasteiger partial charge in [-0.15, -0.1) is 0 Å². The number of hydrogen-bond donors (Lipinski definition) is 1. The first kappa shape index (κ1) is 20.5. The molecule has 0 fully saturated rings. The molecule has 150 valence electrons. The van der Waals surface area contributed by atoms with E-state index in [-0.39, 0.29) is 5.75 Å². The fourth-order valence-electron chi connectivity index (χ4n) is 2.72. The van der Waals surface area contributed by atoms with Crippen LogP contribution in [0.25, 0.3) is 17.0 Å². The number of ether oxygens (including phenoxy) is 3. The Morgan fingerprint density at radius 1 is 1.18 bits per heavy atom. The molecule has 6 nitrogen and oxygen atoms in total. The molecule has 0 aliphatic rings. The average molecular weight is 429 g/mol. The zero-order valence-corrected chi connectivity index (χ0v) is 17.2. The third-order valence-corrected chi connectivity index (χ3v) is 6.22. The zero-order chi connectivity index (χ0) is 20.1. The smallest absolute Gasteiger partial charge is 0.402 e. The normalized spacial score (nSPS) is 11.2. The highest BCUT2D eigenvalue weighted by molar-refractivity contribution is 8.76. The predicted octanol–water partition coefficient (Wildman–Crippen LogP) is 4.36. The van der Waals surface area contributed by atoms with Crippen molar-refractivity contribution < 1.29 is 27.6 Å². The Morgan fingerprint density at radius 3 is 2.68 bits per heavy atom. The highest BCUT2D eigenvalue weighted by atomic mass is 33.1. The van der Waals surface area contributed by atoms with Gasteiger partial charge in [0, 0.05) is 17.9 Å². The maximum Gasteiger partial charge on any atom is 0.402 e. The Kier molecular flexibility index (Phi) is 6.84. The lowest BCUT2D eigenvalue weighted by Crippen LogP contribution is -2.37. The lowest BCUT2D eigenvalue weighted by molar-refractivity contribution is -0.610. The molecule has 0 saturated heterocycles. The number of H-pyrrole nitrogens is 1. The molecule has 2 aromatic heterocycles. The van der Waals surface area contributed by atoms with Crippen molar-refractivity contribution in [2.45, 2.75) is 19.3 Å². The molecule has 28 heavy (non-hydrogen) atoms. The van der Waals surface area contributed by atoms with Gasteiger partial charge in [0.15, 0.2) is 17.0 Å².